The Morgan fingerprint density at radius 2 is 1.61 bits per heavy atom. The third kappa shape index (κ3) is 4.65. The van der Waals surface area contributed by atoms with Crippen molar-refractivity contribution < 1.29 is 37.7 Å². The minimum Gasteiger partial charge on any atom is -0.497 e. The van der Waals surface area contributed by atoms with Gasteiger partial charge in [0.05, 0.1) is 26.9 Å². The number of carbonyl (C=O) groups excluding carboxylic acids is 2. The summed E-state index contributed by atoms with van der Waals surface area (Å²) in [5, 5.41) is 0.554. The van der Waals surface area contributed by atoms with Crippen LogP contribution in [0.4, 0.5) is 0 Å². The maximum absolute atomic E-state index is 13.6. The Morgan fingerprint density at radius 1 is 0.805 bits per heavy atom. The Kier molecular flexibility index (Phi) is 6.65. The van der Waals surface area contributed by atoms with Crippen LogP contribution in [0.3, 0.4) is 0 Å². The molecule has 8 nitrogen and oxygen atoms in total. The quantitative estimate of drug-likeness (QED) is 0.122. The zero-order valence-electron chi connectivity index (χ0n) is 22.4. The van der Waals surface area contributed by atoms with Crippen LogP contribution in [0.25, 0.3) is 28.4 Å². The van der Waals surface area contributed by atoms with E-state index in [1.165, 1.54) is 20.3 Å². The Bertz CT molecular complexity index is 1830. The van der Waals surface area contributed by atoms with Crippen LogP contribution in [0.1, 0.15) is 26.3 Å². The lowest BCUT2D eigenvalue weighted by atomic mass is 10.1. The number of hydrogen-bond acceptors (Lipinski definition) is 8. The molecule has 0 saturated carbocycles. The molecule has 0 N–H and O–H groups in total. The van der Waals surface area contributed by atoms with Gasteiger partial charge < -0.3 is 28.1 Å². The monoisotopic (exact) mass is 548 g/mol. The van der Waals surface area contributed by atoms with E-state index in [0.29, 0.717) is 45.1 Å². The number of ketones is 1. The van der Waals surface area contributed by atoms with E-state index < -0.39 is 5.97 Å². The van der Waals surface area contributed by atoms with Gasteiger partial charge >= 0.3 is 5.97 Å². The molecule has 0 aliphatic carbocycles. The van der Waals surface area contributed by atoms with E-state index in [0.717, 1.165) is 5.56 Å². The van der Waals surface area contributed by atoms with Gasteiger partial charge in [0.2, 0.25) is 5.78 Å². The van der Waals surface area contributed by atoms with Crippen molar-refractivity contribution in [1.82, 2.24) is 0 Å². The molecule has 0 radical (unpaired) electrons. The highest BCUT2D eigenvalue weighted by atomic mass is 16.5. The molecule has 1 aliphatic heterocycles. The zero-order chi connectivity index (χ0) is 28.5. The second kappa shape index (κ2) is 10.6. The molecule has 0 spiro atoms. The molecule has 0 atom stereocenters. The number of rotatable bonds is 7. The lowest BCUT2D eigenvalue weighted by Crippen LogP contribution is -2.09. The lowest BCUT2D eigenvalue weighted by Gasteiger charge is -2.10. The van der Waals surface area contributed by atoms with E-state index >= 15 is 0 Å². The van der Waals surface area contributed by atoms with E-state index in [-0.39, 0.29) is 28.6 Å². The second-order valence-corrected chi connectivity index (χ2v) is 9.10. The number of esters is 1. The van der Waals surface area contributed by atoms with Crippen LogP contribution in [-0.4, -0.2) is 33.1 Å². The van der Waals surface area contributed by atoms with E-state index in [9.17, 15) is 9.59 Å². The van der Waals surface area contributed by atoms with Crippen LogP contribution in [0.5, 0.6) is 28.7 Å². The summed E-state index contributed by atoms with van der Waals surface area (Å²) >= 11 is 0. The number of benzene rings is 4. The standard InChI is InChI=1S/C33H24O8/c1-36-21-13-15-25-24(17-21)29(32(41-25)19-8-5-4-6-9-19)33(35)39-22-12-14-23-27(18-22)40-28(30(23)34)16-20-10-7-11-26(37-2)31(20)38-3/h4-18H,1-3H3/b28-16-. The first kappa shape index (κ1) is 25.8. The maximum atomic E-state index is 13.6. The molecule has 0 bridgehead atoms. The number of hydrogen-bond donors (Lipinski definition) is 0. The maximum Gasteiger partial charge on any atom is 0.348 e. The number of methoxy groups -OCH3 is 3. The van der Waals surface area contributed by atoms with Gasteiger partial charge in [-0.15, -0.1) is 0 Å². The lowest BCUT2D eigenvalue weighted by molar-refractivity contribution is 0.0736. The Balaban J connectivity index is 1.33. The minimum atomic E-state index is -0.628. The SMILES string of the molecule is COc1ccc2oc(-c3ccccc3)c(C(=O)Oc3ccc4c(c3)O/C(=C\c3cccc(OC)c3OC)C4=O)c2c1. The van der Waals surface area contributed by atoms with Gasteiger partial charge in [-0.1, -0.05) is 42.5 Å². The van der Waals surface area contributed by atoms with Crippen molar-refractivity contribution in [3.05, 3.63) is 107 Å². The third-order valence-corrected chi connectivity index (χ3v) is 6.71. The molecule has 0 saturated heterocycles. The summed E-state index contributed by atoms with van der Waals surface area (Å²) in [4.78, 5) is 26.7. The molecule has 1 aliphatic rings. The molecular formula is C33H24O8. The highest BCUT2D eigenvalue weighted by molar-refractivity contribution is 6.15. The van der Waals surface area contributed by atoms with E-state index in [2.05, 4.69) is 0 Å². The Hall–Kier alpha value is -5.50. The summed E-state index contributed by atoms with van der Waals surface area (Å²) in [6, 6.07) is 24.5. The van der Waals surface area contributed by atoms with Crippen molar-refractivity contribution in [2.24, 2.45) is 0 Å². The van der Waals surface area contributed by atoms with E-state index in [4.69, 9.17) is 28.1 Å². The van der Waals surface area contributed by atoms with Gasteiger partial charge in [0.15, 0.2) is 17.3 Å². The molecule has 0 amide bonds. The number of ether oxygens (including phenoxy) is 5. The Labute approximate surface area is 235 Å². The van der Waals surface area contributed by atoms with Gasteiger partial charge in [0.25, 0.3) is 0 Å². The first-order chi connectivity index (χ1) is 20.0. The molecular weight excluding hydrogens is 524 g/mol. The van der Waals surface area contributed by atoms with Crippen molar-refractivity contribution in [2.75, 3.05) is 21.3 Å². The zero-order valence-corrected chi connectivity index (χ0v) is 22.4. The Morgan fingerprint density at radius 3 is 2.37 bits per heavy atom. The van der Waals surface area contributed by atoms with Gasteiger partial charge in [-0.25, -0.2) is 4.79 Å². The molecule has 2 heterocycles. The summed E-state index contributed by atoms with van der Waals surface area (Å²) < 4.78 is 34.0. The average Bonchev–Trinajstić information content (AvgIpc) is 3.54. The molecule has 41 heavy (non-hydrogen) atoms. The predicted octanol–water partition coefficient (Wildman–Crippen LogP) is 6.96. The number of fused-ring (bicyclic) bond motifs is 2. The van der Waals surface area contributed by atoms with Crippen molar-refractivity contribution in [3.8, 4) is 40.1 Å². The molecule has 8 heteroatoms. The van der Waals surface area contributed by atoms with Crippen LogP contribution in [0.15, 0.2) is 95.1 Å². The highest BCUT2D eigenvalue weighted by Crippen LogP contribution is 2.39. The van der Waals surface area contributed by atoms with Gasteiger partial charge in [0, 0.05) is 22.6 Å². The van der Waals surface area contributed by atoms with Crippen LogP contribution < -0.4 is 23.7 Å². The van der Waals surface area contributed by atoms with Crippen molar-refractivity contribution >= 4 is 28.8 Å². The predicted molar refractivity (Wildman–Crippen MR) is 152 cm³/mol. The van der Waals surface area contributed by atoms with Crippen LogP contribution in [-0.2, 0) is 0 Å². The number of carbonyl (C=O) groups is 2. The summed E-state index contributed by atoms with van der Waals surface area (Å²) in [5.74, 6) is 1.61. The largest absolute Gasteiger partial charge is 0.497 e. The van der Waals surface area contributed by atoms with Crippen molar-refractivity contribution in [2.45, 2.75) is 0 Å². The first-order valence-electron chi connectivity index (χ1n) is 12.7. The molecule has 4 aromatic carbocycles. The van der Waals surface area contributed by atoms with Gasteiger partial charge in [-0.2, -0.15) is 0 Å². The van der Waals surface area contributed by atoms with Crippen LogP contribution in [0.2, 0.25) is 0 Å². The number of para-hydroxylation sites is 1. The molecule has 0 unspecified atom stereocenters. The van der Waals surface area contributed by atoms with Gasteiger partial charge in [-0.05, 0) is 42.5 Å². The molecule has 204 valence electrons. The van der Waals surface area contributed by atoms with E-state index in [1.54, 1.807) is 61.7 Å². The fraction of sp³-hybridized carbons (Fsp3) is 0.0909. The van der Waals surface area contributed by atoms with E-state index in [1.807, 2.05) is 30.3 Å². The second-order valence-electron chi connectivity index (χ2n) is 9.10. The summed E-state index contributed by atoms with van der Waals surface area (Å²) in [6.07, 6.45) is 1.59. The van der Waals surface area contributed by atoms with Crippen LogP contribution >= 0.6 is 0 Å². The number of furan rings is 1. The first-order valence-corrected chi connectivity index (χ1v) is 12.7. The summed E-state index contributed by atoms with van der Waals surface area (Å²) in [6.45, 7) is 0. The number of allylic oxidation sites excluding steroid dienone is 1. The molecule has 1 aromatic heterocycles. The molecule has 0 fully saturated rings. The highest BCUT2D eigenvalue weighted by Gasteiger charge is 2.30. The average molecular weight is 549 g/mol. The number of Topliss-reactive ketones (excluding diaryl/α,β-unsaturated/α-hetero) is 1. The minimum absolute atomic E-state index is 0.106. The summed E-state index contributed by atoms with van der Waals surface area (Å²) in [5.41, 5.74) is 2.46. The molecule has 6 rings (SSSR count). The summed E-state index contributed by atoms with van der Waals surface area (Å²) in [7, 11) is 4.61. The van der Waals surface area contributed by atoms with Gasteiger partial charge in [-0.3, -0.25) is 4.79 Å². The van der Waals surface area contributed by atoms with Crippen molar-refractivity contribution in [3.63, 3.8) is 0 Å². The fourth-order valence-electron chi connectivity index (χ4n) is 4.75. The smallest absolute Gasteiger partial charge is 0.348 e. The van der Waals surface area contributed by atoms with Crippen LogP contribution in [0, 0.1) is 0 Å². The fourth-order valence-corrected chi connectivity index (χ4v) is 4.75. The van der Waals surface area contributed by atoms with Gasteiger partial charge in [0.1, 0.15) is 34.2 Å². The molecule has 5 aromatic rings. The third-order valence-electron chi connectivity index (χ3n) is 6.71. The topological polar surface area (TPSA) is 93.4 Å². The normalized spacial score (nSPS) is 13.1. The van der Waals surface area contributed by atoms with Crippen molar-refractivity contribution in [1.29, 1.82) is 0 Å².